The summed E-state index contributed by atoms with van der Waals surface area (Å²) in [5.41, 5.74) is -1.19. The number of anilines is 1. The van der Waals surface area contributed by atoms with Crippen molar-refractivity contribution in [3.05, 3.63) is 28.8 Å². The van der Waals surface area contributed by atoms with Crippen molar-refractivity contribution in [1.29, 1.82) is 0 Å². The van der Waals surface area contributed by atoms with Crippen LogP contribution in [-0.2, 0) is 11.0 Å². The minimum absolute atomic E-state index is 0.0223. The van der Waals surface area contributed by atoms with Crippen LogP contribution < -0.4 is 10.6 Å². The molecule has 110 valence electrons. The number of halogens is 5. The number of rotatable bonds is 3. The molecule has 2 N–H and O–H groups in total. The first kappa shape index (κ1) is 16.6. The first-order valence-corrected chi connectivity index (χ1v) is 6.18. The average Bonchev–Trinajstić information content (AvgIpc) is 2.26. The van der Waals surface area contributed by atoms with E-state index in [0.717, 1.165) is 12.1 Å². The molecule has 0 radical (unpaired) electrons. The van der Waals surface area contributed by atoms with Crippen LogP contribution in [0.3, 0.4) is 0 Å². The van der Waals surface area contributed by atoms with Gasteiger partial charge in [0.2, 0.25) is 5.91 Å². The maximum atomic E-state index is 12.5. The lowest BCUT2D eigenvalue weighted by Crippen LogP contribution is -2.34. The Kier molecular flexibility index (Phi) is 5.64. The van der Waals surface area contributed by atoms with E-state index >= 15 is 0 Å². The number of imide groups is 1. The van der Waals surface area contributed by atoms with E-state index < -0.39 is 23.7 Å². The number of carbonyl (C=O) groups excluding carboxylic acids is 2. The van der Waals surface area contributed by atoms with E-state index in [0.29, 0.717) is 6.07 Å². The van der Waals surface area contributed by atoms with Crippen molar-refractivity contribution in [2.75, 3.05) is 11.2 Å². The van der Waals surface area contributed by atoms with Crippen molar-refractivity contribution in [3.8, 4) is 0 Å². The lowest BCUT2D eigenvalue weighted by Gasteiger charge is -2.11. The normalized spacial score (nSPS) is 11.1. The fraction of sp³-hybridized carbons (Fsp3) is 0.273. The van der Waals surface area contributed by atoms with Crippen LogP contribution in [0, 0.1) is 0 Å². The summed E-state index contributed by atoms with van der Waals surface area (Å²) < 4.78 is 37.6. The van der Waals surface area contributed by atoms with Gasteiger partial charge in [0.15, 0.2) is 0 Å². The molecule has 0 aliphatic heterocycles. The van der Waals surface area contributed by atoms with E-state index in [1.807, 2.05) is 5.32 Å². The third-order valence-electron chi connectivity index (χ3n) is 2.06. The minimum Gasteiger partial charge on any atom is -0.308 e. The zero-order chi connectivity index (χ0) is 15.3. The Hall–Kier alpha value is -1.47. The van der Waals surface area contributed by atoms with Gasteiger partial charge in [0.25, 0.3) is 0 Å². The maximum Gasteiger partial charge on any atom is 0.416 e. The summed E-state index contributed by atoms with van der Waals surface area (Å²) in [4.78, 5) is 22.4. The van der Waals surface area contributed by atoms with E-state index in [9.17, 15) is 22.8 Å². The second-order valence-electron chi connectivity index (χ2n) is 3.67. The van der Waals surface area contributed by atoms with E-state index in [1.165, 1.54) is 0 Å². The molecule has 9 heteroatoms. The van der Waals surface area contributed by atoms with Gasteiger partial charge in [-0.15, -0.1) is 11.6 Å². The molecule has 1 rings (SSSR count). The smallest absolute Gasteiger partial charge is 0.308 e. The van der Waals surface area contributed by atoms with Crippen molar-refractivity contribution in [2.45, 2.75) is 12.6 Å². The van der Waals surface area contributed by atoms with Crippen molar-refractivity contribution in [1.82, 2.24) is 5.32 Å². The number of amides is 3. The van der Waals surface area contributed by atoms with E-state index in [1.54, 1.807) is 0 Å². The molecule has 4 nitrogen and oxygen atoms in total. The molecule has 0 aliphatic rings. The van der Waals surface area contributed by atoms with Gasteiger partial charge in [0.1, 0.15) is 0 Å². The van der Waals surface area contributed by atoms with Crippen LogP contribution in [0.1, 0.15) is 12.0 Å². The van der Waals surface area contributed by atoms with E-state index in [4.69, 9.17) is 23.2 Å². The summed E-state index contributed by atoms with van der Waals surface area (Å²) in [6.45, 7) is 0. The van der Waals surface area contributed by atoms with Crippen LogP contribution in [0.25, 0.3) is 0 Å². The van der Waals surface area contributed by atoms with Gasteiger partial charge in [0, 0.05) is 23.0 Å². The standard InChI is InChI=1S/C11H9Cl2F3N2O2/c12-2-1-9(19)18-10(20)17-8-4-6(11(14,15)16)3-7(13)5-8/h3-5H,1-2H2,(H2,17,18,19,20). The summed E-state index contributed by atoms with van der Waals surface area (Å²) >= 11 is 10.8. The number of hydrogen-bond donors (Lipinski definition) is 2. The molecule has 1 aromatic rings. The number of nitrogens with one attached hydrogen (secondary N) is 2. The molecule has 0 saturated heterocycles. The van der Waals surface area contributed by atoms with Crippen LogP contribution in [0.15, 0.2) is 18.2 Å². The molecule has 0 heterocycles. The average molecular weight is 329 g/mol. The van der Waals surface area contributed by atoms with Gasteiger partial charge < -0.3 is 5.32 Å². The van der Waals surface area contributed by atoms with Crippen LogP contribution in [0.2, 0.25) is 5.02 Å². The maximum absolute atomic E-state index is 12.5. The van der Waals surface area contributed by atoms with Gasteiger partial charge in [-0.1, -0.05) is 11.6 Å². The molecule has 0 spiro atoms. The highest BCUT2D eigenvalue weighted by atomic mass is 35.5. The first-order valence-electron chi connectivity index (χ1n) is 5.27. The molecule has 0 unspecified atom stereocenters. The topological polar surface area (TPSA) is 58.2 Å². The van der Waals surface area contributed by atoms with E-state index in [2.05, 4.69) is 5.32 Å². The van der Waals surface area contributed by atoms with Crippen LogP contribution >= 0.6 is 23.2 Å². The SMILES string of the molecule is O=C(CCCl)NC(=O)Nc1cc(Cl)cc(C(F)(F)F)c1. The molecular weight excluding hydrogens is 320 g/mol. The summed E-state index contributed by atoms with van der Waals surface area (Å²) in [6, 6.07) is 1.60. The Bertz CT molecular complexity index is 521. The third kappa shape index (κ3) is 5.26. The number of benzene rings is 1. The van der Waals surface area contributed by atoms with Crippen molar-refractivity contribution >= 4 is 40.8 Å². The Labute approximate surface area is 122 Å². The monoisotopic (exact) mass is 328 g/mol. The highest BCUT2D eigenvalue weighted by Crippen LogP contribution is 2.33. The molecule has 0 atom stereocenters. The summed E-state index contributed by atoms with van der Waals surface area (Å²) in [6.07, 6.45) is -4.68. The molecule has 0 aliphatic carbocycles. The second kappa shape index (κ2) is 6.81. The number of alkyl halides is 4. The molecule has 0 fully saturated rings. The summed E-state index contributed by atoms with van der Waals surface area (Å²) in [7, 11) is 0. The predicted octanol–water partition coefficient (Wildman–Crippen LogP) is 3.64. The number of carbonyl (C=O) groups is 2. The number of urea groups is 1. The molecule has 20 heavy (non-hydrogen) atoms. The van der Waals surface area contributed by atoms with Crippen LogP contribution in [0.4, 0.5) is 23.7 Å². The van der Waals surface area contributed by atoms with Crippen molar-refractivity contribution in [3.63, 3.8) is 0 Å². The fourth-order valence-corrected chi connectivity index (χ4v) is 1.67. The highest BCUT2D eigenvalue weighted by Gasteiger charge is 2.31. The Morgan fingerprint density at radius 2 is 1.85 bits per heavy atom. The molecule has 0 saturated carbocycles. The quantitative estimate of drug-likeness (QED) is 0.832. The molecule has 3 amide bonds. The van der Waals surface area contributed by atoms with E-state index in [-0.39, 0.29) is 23.0 Å². The van der Waals surface area contributed by atoms with Crippen molar-refractivity contribution in [2.24, 2.45) is 0 Å². The minimum atomic E-state index is -4.59. The summed E-state index contributed by atoms with van der Waals surface area (Å²) in [5, 5.41) is 3.80. The molecular formula is C11H9Cl2F3N2O2. The highest BCUT2D eigenvalue weighted by molar-refractivity contribution is 6.31. The number of hydrogen-bond acceptors (Lipinski definition) is 2. The van der Waals surface area contributed by atoms with Gasteiger partial charge in [0.05, 0.1) is 5.56 Å². The first-order chi connectivity index (χ1) is 9.22. The fourth-order valence-electron chi connectivity index (χ4n) is 1.26. The molecule has 1 aromatic carbocycles. The summed E-state index contributed by atoms with van der Waals surface area (Å²) in [5.74, 6) is -0.621. The Balaban J connectivity index is 2.80. The van der Waals surface area contributed by atoms with Crippen molar-refractivity contribution < 1.29 is 22.8 Å². The van der Waals surface area contributed by atoms with Crippen LogP contribution in [0.5, 0.6) is 0 Å². The van der Waals surface area contributed by atoms with Gasteiger partial charge in [-0.3, -0.25) is 10.1 Å². The Morgan fingerprint density at radius 3 is 2.40 bits per heavy atom. The predicted molar refractivity (Wildman–Crippen MR) is 69.0 cm³/mol. The lowest BCUT2D eigenvalue weighted by molar-refractivity contribution is -0.137. The van der Waals surface area contributed by atoms with Gasteiger partial charge >= 0.3 is 12.2 Å². The second-order valence-corrected chi connectivity index (χ2v) is 4.48. The van der Waals surface area contributed by atoms with Crippen LogP contribution in [-0.4, -0.2) is 17.8 Å². The Morgan fingerprint density at radius 1 is 1.20 bits per heavy atom. The third-order valence-corrected chi connectivity index (χ3v) is 2.46. The van der Waals surface area contributed by atoms with Gasteiger partial charge in [-0.2, -0.15) is 13.2 Å². The molecule has 0 aromatic heterocycles. The largest absolute Gasteiger partial charge is 0.416 e. The zero-order valence-electron chi connectivity index (χ0n) is 9.85. The zero-order valence-corrected chi connectivity index (χ0v) is 11.4. The van der Waals surface area contributed by atoms with Gasteiger partial charge in [-0.05, 0) is 18.2 Å². The molecule has 0 bridgehead atoms. The lowest BCUT2D eigenvalue weighted by atomic mass is 10.2. The van der Waals surface area contributed by atoms with Gasteiger partial charge in [-0.25, -0.2) is 4.79 Å².